The molecule has 0 aliphatic heterocycles. The Morgan fingerprint density at radius 3 is 2.71 bits per heavy atom. The van der Waals surface area contributed by atoms with E-state index in [2.05, 4.69) is 0 Å². The Morgan fingerprint density at radius 1 is 1.36 bits per heavy atom. The molecule has 2 rings (SSSR count). The molecule has 0 N–H and O–H groups in total. The van der Waals surface area contributed by atoms with Crippen LogP contribution >= 0.6 is 11.6 Å². The van der Waals surface area contributed by atoms with Crippen LogP contribution in [0.3, 0.4) is 0 Å². The first-order chi connectivity index (χ1) is 6.68. The molecule has 0 aromatic heterocycles. The lowest BCUT2D eigenvalue weighted by Gasteiger charge is -2.08. The zero-order valence-electron chi connectivity index (χ0n) is 7.64. The highest BCUT2D eigenvalue weighted by molar-refractivity contribution is 6.21. The van der Waals surface area contributed by atoms with Gasteiger partial charge in [0.1, 0.15) is 0 Å². The average molecular weight is 217 g/mol. The van der Waals surface area contributed by atoms with Crippen LogP contribution in [0.15, 0.2) is 18.2 Å². The standard InChI is InChI=1S/C11H11ClF2/c12-9(7-4-5-7)6-8-2-1-3-10(13)11(8)14/h1-3,7,9H,4-6H2. The van der Waals surface area contributed by atoms with Gasteiger partial charge in [0.15, 0.2) is 11.6 Å². The molecule has 1 aromatic rings. The van der Waals surface area contributed by atoms with Crippen LogP contribution in [0.1, 0.15) is 18.4 Å². The summed E-state index contributed by atoms with van der Waals surface area (Å²) >= 11 is 6.05. The van der Waals surface area contributed by atoms with E-state index in [0.29, 0.717) is 17.9 Å². The van der Waals surface area contributed by atoms with E-state index in [9.17, 15) is 8.78 Å². The van der Waals surface area contributed by atoms with E-state index in [0.717, 1.165) is 18.9 Å². The molecule has 0 radical (unpaired) electrons. The van der Waals surface area contributed by atoms with E-state index in [1.165, 1.54) is 6.07 Å². The molecule has 76 valence electrons. The van der Waals surface area contributed by atoms with E-state index in [1.54, 1.807) is 6.07 Å². The summed E-state index contributed by atoms with van der Waals surface area (Å²) in [6.45, 7) is 0. The Bertz CT molecular complexity index is 334. The van der Waals surface area contributed by atoms with Crippen molar-refractivity contribution in [2.24, 2.45) is 5.92 Å². The number of halogens is 3. The van der Waals surface area contributed by atoms with Crippen LogP contribution in [0.2, 0.25) is 0 Å². The highest BCUT2D eigenvalue weighted by Gasteiger charge is 2.30. The summed E-state index contributed by atoms with van der Waals surface area (Å²) in [5.41, 5.74) is 0.386. The van der Waals surface area contributed by atoms with Gasteiger partial charge in [-0.05, 0) is 36.8 Å². The van der Waals surface area contributed by atoms with Gasteiger partial charge in [-0.2, -0.15) is 0 Å². The fraction of sp³-hybridized carbons (Fsp3) is 0.455. The minimum atomic E-state index is -0.790. The van der Waals surface area contributed by atoms with Gasteiger partial charge in [-0.3, -0.25) is 0 Å². The zero-order chi connectivity index (χ0) is 10.1. The second-order valence-corrected chi connectivity index (χ2v) is 4.33. The smallest absolute Gasteiger partial charge is 0.162 e. The fourth-order valence-corrected chi connectivity index (χ4v) is 1.96. The Kier molecular flexibility index (Phi) is 2.73. The van der Waals surface area contributed by atoms with Crippen molar-refractivity contribution in [3.8, 4) is 0 Å². The highest BCUT2D eigenvalue weighted by Crippen LogP contribution is 2.37. The summed E-state index contributed by atoms with van der Waals surface area (Å²) in [6, 6.07) is 4.24. The van der Waals surface area contributed by atoms with Gasteiger partial charge in [-0.25, -0.2) is 8.78 Å². The van der Waals surface area contributed by atoms with Gasteiger partial charge < -0.3 is 0 Å². The molecule has 0 amide bonds. The molecule has 1 fully saturated rings. The maximum absolute atomic E-state index is 13.2. The summed E-state index contributed by atoms with van der Waals surface area (Å²) < 4.78 is 26.0. The van der Waals surface area contributed by atoms with Crippen molar-refractivity contribution < 1.29 is 8.78 Å². The predicted octanol–water partition coefficient (Wildman–Crippen LogP) is 3.52. The first kappa shape index (κ1) is 9.91. The second kappa shape index (κ2) is 3.85. The Morgan fingerprint density at radius 2 is 2.07 bits per heavy atom. The quantitative estimate of drug-likeness (QED) is 0.679. The number of hydrogen-bond acceptors (Lipinski definition) is 0. The molecule has 14 heavy (non-hydrogen) atoms. The minimum absolute atomic E-state index is 0.0497. The summed E-state index contributed by atoms with van der Waals surface area (Å²) in [5, 5.41) is -0.0497. The van der Waals surface area contributed by atoms with Gasteiger partial charge in [0.25, 0.3) is 0 Å². The van der Waals surface area contributed by atoms with Crippen LogP contribution in [0.25, 0.3) is 0 Å². The van der Waals surface area contributed by atoms with Gasteiger partial charge in [0.05, 0.1) is 0 Å². The van der Waals surface area contributed by atoms with Gasteiger partial charge in [0, 0.05) is 5.38 Å². The molecule has 1 aliphatic rings. The molecule has 1 aliphatic carbocycles. The normalized spacial score (nSPS) is 18.2. The van der Waals surface area contributed by atoms with Gasteiger partial charge in [0.2, 0.25) is 0 Å². The van der Waals surface area contributed by atoms with Crippen LogP contribution in [-0.2, 0) is 6.42 Å². The summed E-state index contributed by atoms with van der Waals surface area (Å²) in [5.74, 6) is -1.04. The van der Waals surface area contributed by atoms with Crippen molar-refractivity contribution >= 4 is 11.6 Å². The fourth-order valence-electron chi connectivity index (χ4n) is 1.54. The Balaban J connectivity index is 2.11. The van der Waals surface area contributed by atoms with Crippen molar-refractivity contribution in [1.82, 2.24) is 0 Å². The summed E-state index contributed by atoms with van der Waals surface area (Å²) in [7, 11) is 0. The predicted molar refractivity (Wildman–Crippen MR) is 52.4 cm³/mol. The molecule has 0 saturated heterocycles. The van der Waals surface area contributed by atoms with Gasteiger partial charge >= 0.3 is 0 Å². The molecular weight excluding hydrogens is 206 g/mol. The minimum Gasteiger partial charge on any atom is -0.204 e. The molecule has 1 atom stereocenters. The van der Waals surface area contributed by atoms with E-state index in [1.807, 2.05) is 0 Å². The number of alkyl halides is 1. The maximum atomic E-state index is 13.2. The van der Waals surface area contributed by atoms with Crippen LogP contribution < -0.4 is 0 Å². The third kappa shape index (κ3) is 2.06. The molecule has 0 bridgehead atoms. The lowest BCUT2D eigenvalue weighted by molar-refractivity contribution is 0.496. The lowest BCUT2D eigenvalue weighted by Crippen LogP contribution is -2.07. The highest BCUT2D eigenvalue weighted by atomic mass is 35.5. The van der Waals surface area contributed by atoms with E-state index in [-0.39, 0.29) is 5.38 Å². The molecule has 3 heteroatoms. The first-order valence-electron chi connectivity index (χ1n) is 4.75. The molecular formula is C11H11ClF2. The third-order valence-electron chi connectivity index (χ3n) is 2.58. The number of benzene rings is 1. The Hall–Kier alpha value is -0.630. The molecule has 0 nitrogen and oxygen atoms in total. The summed E-state index contributed by atoms with van der Waals surface area (Å²) in [6.07, 6.45) is 2.66. The van der Waals surface area contributed by atoms with Crippen molar-refractivity contribution in [3.63, 3.8) is 0 Å². The van der Waals surface area contributed by atoms with Crippen LogP contribution in [-0.4, -0.2) is 5.38 Å². The van der Waals surface area contributed by atoms with E-state index in [4.69, 9.17) is 11.6 Å². The van der Waals surface area contributed by atoms with Gasteiger partial charge in [-0.1, -0.05) is 12.1 Å². The molecule has 1 unspecified atom stereocenters. The van der Waals surface area contributed by atoms with E-state index >= 15 is 0 Å². The monoisotopic (exact) mass is 216 g/mol. The maximum Gasteiger partial charge on any atom is 0.162 e. The first-order valence-corrected chi connectivity index (χ1v) is 5.19. The second-order valence-electron chi connectivity index (χ2n) is 3.77. The van der Waals surface area contributed by atoms with E-state index < -0.39 is 11.6 Å². The number of rotatable bonds is 3. The summed E-state index contributed by atoms with van der Waals surface area (Å²) in [4.78, 5) is 0. The van der Waals surface area contributed by atoms with Crippen molar-refractivity contribution in [3.05, 3.63) is 35.4 Å². The van der Waals surface area contributed by atoms with Crippen molar-refractivity contribution in [2.45, 2.75) is 24.6 Å². The van der Waals surface area contributed by atoms with Crippen LogP contribution in [0, 0.1) is 17.6 Å². The Labute approximate surface area is 86.9 Å². The topological polar surface area (TPSA) is 0 Å². The molecule has 0 spiro atoms. The molecule has 1 aromatic carbocycles. The largest absolute Gasteiger partial charge is 0.204 e. The van der Waals surface area contributed by atoms with Crippen LogP contribution in [0.4, 0.5) is 8.78 Å². The van der Waals surface area contributed by atoms with Gasteiger partial charge in [-0.15, -0.1) is 11.6 Å². The SMILES string of the molecule is Fc1cccc(CC(Cl)C2CC2)c1F. The van der Waals surface area contributed by atoms with Crippen LogP contribution in [0.5, 0.6) is 0 Å². The molecule has 0 heterocycles. The third-order valence-corrected chi connectivity index (χ3v) is 3.09. The zero-order valence-corrected chi connectivity index (χ0v) is 8.40. The lowest BCUT2D eigenvalue weighted by atomic mass is 10.1. The van der Waals surface area contributed by atoms with Crippen molar-refractivity contribution in [1.29, 1.82) is 0 Å². The molecule has 1 saturated carbocycles. The van der Waals surface area contributed by atoms with Crippen molar-refractivity contribution in [2.75, 3.05) is 0 Å². The average Bonchev–Trinajstić information content (AvgIpc) is 2.95. The number of hydrogen-bond donors (Lipinski definition) is 0.